The van der Waals surface area contributed by atoms with Crippen LogP contribution in [0.15, 0.2) is 48.0 Å². The Labute approximate surface area is 251 Å². The van der Waals surface area contributed by atoms with Gasteiger partial charge < -0.3 is 53.3 Å². The number of carbonyl (C=O) groups excluding carboxylic acids is 3. The third-order valence-corrected chi connectivity index (χ3v) is 6.63. The van der Waals surface area contributed by atoms with E-state index in [2.05, 4.69) is 35.9 Å². The molecule has 44 heavy (non-hydrogen) atoms. The van der Waals surface area contributed by atoms with Gasteiger partial charge in [-0.25, -0.2) is 9.78 Å². The lowest BCUT2D eigenvalue weighted by atomic mass is 10.0. The molecule has 13 N–H and O–H groups in total. The Morgan fingerprint density at radius 1 is 0.909 bits per heavy atom. The molecule has 0 fully saturated rings. The summed E-state index contributed by atoms with van der Waals surface area (Å²) in [5.74, 6) is -5.51. The summed E-state index contributed by atoms with van der Waals surface area (Å²) in [6.07, 6.45) is 3.82. The normalized spacial score (nSPS) is 13.7. The van der Waals surface area contributed by atoms with Crippen LogP contribution in [-0.4, -0.2) is 91.5 Å². The molecule has 0 radical (unpaired) electrons. The van der Waals surface area contributed by atoms with Crippen LogP contribution in [-0.2, 0) is 36.8 Å². The molecule has 2 heterocycles. The number of nitrogens with zero attached hydrogens (tertiary/aromatic N) is 2. The van der Waals surface area contributed by atoms with Gasteiger partial charge in [0.25, 0.3) is 0 Å². The van der Waals surface area contributed by atoms with Crippen molar-refractivity contribution in [3.8, 4) is 0 Å². The number of aliphatic carboxylic acids is 2. The van der Waals surface area contributed by atoms with Gasteiger partial charge in [0.2, 0.25) is 17.7 Å². The summed E-state index contributed by atoms with van der Waals surface area (Å²) < 4.78 is 0. The van der Waals surface area contributed by atoms with Crippen molar-refractivity contribution >= 4 is 46.5 Å². The SMILES string of the molecule is NC(N)=NCCCC(NC(=O)C(Cc1cnc[nH]1)NC(=O)C(CC(=O)O)NC(=O)C(N)Cc1c[nH]c2ccccc12)C(=O)O. The van der Waals surface area contributed by atoms with Gasteiger partial charge in [-0.15, -0.1) is 0 Å². The monoisotopic (exact) mass is 612 g/mol. The molecule has 0 bridgehead atoms. The van der Waals surface area contributed by atoms with Crippen LogP contribution < -0.4 is 33.2 Å². The summed E-state index contributed by atoms with van der Waals surface area (Å²) in [6.45, 7) is 0.134. The second-order valence-electron chi connectivity index (χ2n) is 10.0. The maximum absolute atomic E-state index is 13.3. The second kappa shape index (κ2) is 15.7. The Morgan fingerprint density at radius 3 is 2.25 bits per heavy atom. The molecule has 0 spiro atoms. The smallest absolute Gasteiger partial charge is 0.326 e. The Hall–Kier alpha value is -5.45. The van der Waals surface area contributed by atoms with E-state index in [4.69, 9.17) is 17.2 Å². The Morgan fingerprint density at radius 2 is 1.59 bits per heavy atom. The number of aromatic nitrogens is 3. The highest BCUT2D eigenvalue weighted by molar-refractivity contribution is 5.96. The minimum atomic E-state index is -1.60. The first-order valence-corrected chi connectivity index (χ1v) is 13.6. The Balaban J connectivity index is 1.71. The number of aromatic amines is 2. The number of benzene rings is 1. The fourth-order valence-corrected chi connectivity index (χ4v) is 4.42. The Bertz CT molecular complexity index is 1480. The predicted molar refractivity (Wildman–Crippen MR) is 158 cm³/mol. The molecule has 4 atom stereocenters. The molecular weight excluding hydrogens is 576 g/mol. The molecule has 3 aromatic rings. The number of fused-ring (bicyclic) bond motifs is 1. The quantitative estimate of drug-likeness (QED) is 0.0455. The largest absolute Gasteiger partial charge is 0.481 e. The third-order valence-electron chi connectivity index (χ3n) is 6.63. The minimum absolute atomic E-state index is 0.0193. The average Bonchev–Trinajstić information content (AvgIpc) is 3.63. The van der Waals surface area contributed by atoms with Gasteiger partial charge in [-0.2, -0.15) is 0 Å². The van der Waals surface area contributed by atoms with Crippen LogP contribution in [0.2, 0.25) is 0 Å². The number of para-hydroxylation sites is 1. The highest BCUT2D eigenvalue weighted by atomic mass is 16.4. The molecule has 0 aliphatic heterocycles. The van der Waals surface area contributed by atoms with Crippen LogP contribution in [0.5, 0.6) is 0 Å². The van der Waals surface area contributed by atoms with Gasteiger partial charge in [0.15, 0.2) is 5.96 Å². The zero-order valence-corrected chi connectivity index (χ0v) is 23.7. The van der Waals surface area contributed by atoms with E-state index in [1.165, 1.54) is 12.5 Å². The zero-order valence-electron chi connectivity index (χ0n) is 23.7. The van der Waals surface area contributed by atoms with Crippen LogP contribution in [0.1, 0.15) is 30.5 Å². The van der Waals surface area contributed by atoms with Gasteiger partial charge in [-0.05, 0) is 30.9 Å². The second-order valence-corrected chi connectivity index (χ2v) is 10.0. The van der Waals surface area contributed by atoms with Gasteiger partial charge >= 0.3 is 11.9 Å². The molecule has 0 saturated carbocycles. The molecule has 3 amide bonds. The van der Waals surface area contributed by atoms with Crippen molar-refractivity contribution in [2.75, 3.05) is 6.54 Å². The van der Waals surface area contributed by atoms with Gasteiger partial charge in [-0.1, -0.05) is 18.2 Å². The number of amides is 3. The van der Waals surface area contributed by atoms with Crippen molar-refractivity contribution < 1.29 is 34.2 Å². The lowest BCUT2D eigenvalue weighted by molar-refractivity contribution is -0.143. The van der Waals surface area contributed by atoms with Crippen molar-refractivity contribution in [1.82, 2.24) is 30.9 Å². The molecule has 3 rings (SSSR count). The summed E-state index contributed by atoms with van der Waals surface area (Å²) in [5.41, 5.74) is 18.7. The molecular formula is C27H36N10O7. The Kier molecular flexibility index (Phi) is 11.8. The van der Waals surface area contributed by atoms with E-state index in [0.717, 1.165) is 16.5 Å². The van der Waals surface area contributed by atoms with Crippen LogP contribution in [0.4, 0.5) is 0 Å². The third kappa shape index (κ3) is 9.83. The maximum Gasteiger partial charge on any atom is 0.326 e. The van der Waals surface area contributed by atoms with Crippen molar-refractivity contribution in [2.24, 2.45) is 22.2 Å². The first-order valence-electron chi connectivity index (χ1n) is 13.6. The number of aliphatic imine (C=N–C) groups is 1. The van der Waals surface area contributed by atoms with Crippen LogP contribution in [0, 0.1) is 0 Å². The average molecular weight is 613 g/mol. The highest BCUT2D eigenvalue weighted by Crippen LogP contribution is 2.19. The molecule has 17 heteroatoms. The summed E-state index contributed by atoms with van der Waals surface area (Å²) in [5, 5.41) is 27.1. The van der Waals surface area contributed by atoms with Crippen LogP contribution >= 0.6 is 0 Å². The van der Waals surface area contributed by atoms with Crippen LogP contribution in [0.3, 0.4) is 0 Å². The van der Waals surface area contributed by atoms with Crippen LogP contribution in [0.25, 0.3) is 10.9 Å². The summed E-state index contributed by atoms with van der Waals surface area (Å²) >= 11 is 0. The predicted octanol–water partition coefficient (Wildman–Crippen LogP) is -1.93. The molecule has 0 saturated heterocycles. The van der Waals surface area contributed by atoms with E-state index < -0.39 is 60.2 Å². The summed E-state index contributed by atoms with van der Waals surface area (Å²) in [7, 11) is 0. The number of H-pyrrole nitrogens is 2. The fraction of sp³-hybridized carbons (Fsp3) is 0.370. The van der Waals surface area contributed by atoms with Crippen molar-refractivity contribution in [1.29, 1.82) is 0 Å². The molecule has 1 aromatic carbocycles. The summed E-state index contributed by atoms with van der Waals surface area (Å²) in [4.78, 5) is 76.3. The lowest BCUT2D eigenvalue weighted by Crippen LogP contribution is -2.58. The highest BCUT2D eigenvalue weighted by Gasteiger charge is 2.32. The molecule has 17 nitrogen and oxygen atoms in total. The number of nitrogens with two attached hydrogens (primary N) is 3. The van der Waals surface area contributed by atoms with Crippen molar-refractivity contribution in [3.63, 3.8) is 0 Å². The van der Waals surface area contributed by atoms with E-state index >= 15 is 0 Å². The maximum atomic E-state index is 13.3. The number of hydrogen-bond donors (Lipinski definition) is 10. The van der Waals surface area contributed by atoms with E-state index in [1.807, 2.05) is 24.3 Å². The number of carbonyl (C=O) groups is 5. The van der Waals surface area contributed by atoms with E-state index in [1.54, 1.807) is 6.20 Å². The number of carboxylic acids is 2. The zero-order chi connectivity index (χ0) is 32.2. The topological polar surface area (TPSA) is 297 Å². The molecule has 4 unspecified atom stereocenters. The van der Waals surface area contributed by atoms with E-state index in [-0.39, 0.29) is 38.2 Å². The molecule has 236 valence electrons. The van der Waals surface area contributed by atoms with E-state index in [9.17, 15) is 34.2 Å². The minimum Gasteiger partial charge on any atom is -0.481 e. The summed E-state index contributed by atoms with van der Waals surface area (Å²) in [6, 6.07) is 1.97. The van der Waals surface area contributed by atoms with Crippen molar-refractivity contribution in [3.05, 3.63) is 54.2 Å². The number of guanidine groups is 1. The van der Waals surface area contributed by atoms with Gasteiger partial charge in [0.05, 0.1) is 18.8 Å². The lowest BCUT2D eigenvalue weighted by Gasteiger charge is -2.24. The first-order chi connectivity index (χ1) is 20.9. The molecule has 0 aliphatic carbocycles. The first kappa shape index (κ1) is 33.1. The number of rotatable bonds is 17. The van der Waals surface area contributed by atoms with E-state index in [0.29, 0.717) is 5.69 Å². The number of carboxylic acid groups (broad SMARTS) is 2. The molecule has 0 aliphatic rings. The molecule has 2 aromatic heterocycles. The van der Waals surface area contributed by atoms with Gasteiger partial charge in [-0.3, -0.25) is 24.2 Å². The number of hydrogen-bond acceptors (Lipinski definition) is 8. The van der Waals surface area contributed by atoms with Crippen molar-refractivity contribution in [2.45, 2.75) is 56.3 Å². The standard InChI is InChI=1S/C27H36N10O7/c28-17(8-14-11-33-18-5-2-1-4-16(14)18)23(40)36-21(10-22(38)39)25(42)37-20(9-15-12-31-13-34-15)24(41)35-19(26(43)44)6-3-7-32-27(29)30/h1-2,4-5,11-13,17,19-21,33H,3,6-10,28H2,(H,31,34)(H,35,41)(H,36,40)(H,37,42)(H,38,39)(H,43,44)(H4,29,30,32). The van der Waals surface area contributed by atoms with Gasteiger partial charge in [0, 0.05) is 42.0 Å². The number of imidazole rings is 1. The number of nitrogens with one attached hydrogen (secondary N) is 5. The fourth-order valence-electron chi connectivity index (χ4n) is 4.42. The van der Waals surface area contributed by atoms with Gasteiger partial charge in [0.1, 0.15) is 18.1 Å².